The zero-order chi connectivity index (χ0) is 21.2. The van der Waals surface area contributed by atoms with E-state index in [-0.39, 0.29) is 11.5 Å². The predicted octanol–water partition coefficient (Wildman–Crippen LogP) is 3.02. The molecule has 8 nitrogen and oxygen atoms in total. The largest absolute Gasteiger partial charge is 0.378 e. The van der Waals surface area contributed by atoms with Gasteiger partial charge in [0.15, 0.2) is 5.65 Å². The number of hydrogen-bond acceptors (Lipinski definition) is 6. The normalized spacial score (nSPS) is 14.0. The Morgan fingerprint density at radius 3 is 2.74 bits per heavy atom. The van der Waals surface area contributed by atoms with Crippen LogP contribution < -0.4 is 10.2 Å². The lowest BCUT2D eigenvalue weighted by Gasteiger charge is -2.27. The molecule has 1 saturated heterocycles. The van der Waals surface area contributed by atoms with Gasteiger partial charge in [-0.3, -0.25) is 4.79 Å². The quantitative estimate of drug-likeness (QED) is 0.549. The van der Waals surface area contributed by atoms with Crippen molar-refractivity contribution in [3.8, 4) is 11.3 Å². The zero-order valence-electron chi connectivity index (χ0n) is 16.5. The highest BCUT2D eigenvalue weighted by Gasteiger charge is 2.16. The summed E-state index contributed by atoms with van der Waals surface area (Å²) in [6.45, 7) is 2.82. The van der Waals surface area contributed by atoms with Crippen LogP contribution in [0.4, 0.5) is 16.0 Å². The summed E-state index contributed by atoms with van der Waals surface area (Å²) in [5.74, 6) is 0.472. The van der Waals surface area contributed by atoms with Gasteiger partial charge in [0.05, 0.1) is 25.1 Å². The van der Waals surface area contributed by atoms with Crippen molar-refractivity contribution >= 4 is 23.2 Å². The van der Waals surface area contributed by atoms with E-state index in [9.17, 15) is 9.18 Å². The molecule has 1 N–H and O–H groups in total. The number of nitrogens with zero attached hydrogens (tertiary/aromatic N) is 5. The topological polar surface area (TPSA) is 84.7 Å². The van der Waals surface area contributed by atoms with Crippen LogP contribution in [0.1, 0.15) is 10.5 Å². The Kier molecular flexibility index (Phi) is 5.01. The van der Waals surface area contributed by atoms with Gasteiger partial charge in [0.1, 0.15) is 23.1 Å². The van der Waals surface area contributed by atoms with E-state index in [1.165, 1.54) is 16.6 Å². The van der Waals surface area contributed by atoms with Gasteiger partial charge in [-0.15, -0.1) is 0 Å². The van der Waals surface area contributed by atoms with Crippen molar-refractivity contribution in [2.45, 2.75) is 0 Å². The lowest BCUT2D eigenvalue weighted by Crippen LogP contribution is -2.36. The van der Waals surface area contributed by atoms with E-state index < -0.39 is 5.91 Å². The summed E-state index contributed by atoms with van der Waals surface area (Å²) in [5, 5.41) is 7.21. The molecule has 1 aromatic carbocycles. The smallest absolute Gasteiger partial charge is 0.277 e. The van der Waals surface area contributed by atoms with E-state index in [4.69, 9.17) is 4.74 Å². The lowest BCUT2D eigenvalue weighted by molar-refractivity contribution is 0.102. The number of amides is 1. The fourth-order valence-corrected chi connectivity index (χ4v) is 3.48. The molecular formula is C22H19FN6O2. The number of anilines is 2. The Bertz CT molecular complexity index is 1250. The zero-order valence-corrected chi connectivity index (χ0v) is 16.5. The van der Waals surface area contributed by atoms with Crippen LogP contribution in [0.3, 0.4) is 0 Å². The Balaban J connectivity index is 1.41. The van der Waals surface area contributed by atoms with Crippen molar-refractivity contribution in [1.82, 2.24) is 19.6 Å². The van der Waals surface area contributed by atoms with Crippen molar-refractivity contribution in [2.24, 2.45) is 0 Å². The molecule has 9 heteroatoms. The molecule has 5 rings (SSSR count). The van der Waals surface area contributed by atoms with Crippen molar-refractivity contribution < 1.29 is 13.9 Å². The number of nitrogens with one attached hydrogen (secondary N) is 1. The first-order chi connectivity index (χ1) is 15.2. The number of halogens is 1. The summed E-state index contributed by atoms with van der Waals surface area (Å²) >= 11 is 0. The van der Waals surface area contributed by atoms with Crippen LogP contribution in [0.2, 0.25) is 0 Å². The number of carbonyl (C=O) groups excluding carboxylic acids is 1. The maximum atomic E-state index is 13.6. The van der Waals surface area contributed by atoms with Crippen LogP contribution in [-0.2, 0) is 4.74 Å². The fraction of sp³-hybridized carbons (Fsp3) is 0.182. The Labute approximate surface area is 177 Å². The molecule has 0 bridgehead atoms. The van der Waals surface area contributed by atoms with Crippen molar-refractivity contribution in [3.63, 3.8) is 0 Å². The number of rotatable bonds is 4. The molecule has 3 aromatic heterocycles. The fourth-order valence-electron chi connectivity index (χ4n) is 3.48. The van der Waals surface area contributed by atoms with Crippen molar-refractivity contribution in [2.75, 3.05) is 36.5 Å². The van der Waals surface area contributed by atoms with Gasteiger partial charge in [-0.2, -0.15) is 5.10 Å². The number of fused-ring (bicyclic) bond motifs is 1. The third-order valence-corrected chi connectivity index (χ3v) is 5.03. The van der Waals surface area contributed by atoms with Gasteiger partial charge in [-0.05, 0) is 36.4 Å². The van der Waals surface area contributed by atoms with Crippen LogP contribution in [-0.4, -0.2) is 51.8 Å². The molecule has 0 spiro atoms. The number of hydrogen-bond donors (Lipinski definition) is 1. The number of morpholine rings is 1. The summed E-state index contributed by atoms with van der Waals surface area (Å²) < 4.78 is 20.5. The highest BCUT2D eigenvalue weighted by Crippen LogP contribution is 2.21. The number of imidazole rings is 1. The second-order valence-electron chi connectivity index (χ2n) is 7.08. The van der Waals surface area contributed by atoms with Gasteiger partial charge in [-0.25, -0.2) is 18.9 Å². The summed E-state index contributed by atoms with van der Waals surface area (Å²) in [6.07, 6.45) is 1.60. The molecule has 0 saturated carbocycles. The van der Waals surface area contributed by atoms with Crippen LogP contribution in [0, 0.1) is 5.82 Å². The van der Waals surface area contributed by atoms with Gasteiger partial charge in [-0.1, -0.05) is 18.2 Å². The third-order valence-electron chi connectivity index (χ3n) is 5.03. The minimum Gasteiger partial charge on any atom is -0.378 e. The first-order valence-corrected chi connectivity index (χ1v) is 9.89. The summed E-state index contributed by atoms with van der Waals surface area (Å²) in [4.78, 5) is 23.8. The Hall–Kier alpha value is -3.85. The van der Waals surface area contributed by atoms with Crippen LogP contribution >= 0.6 is 0 Å². The lowest BCUT2D eigenvalue weighted by atomic mass is 10.2. The Morgan fingerprint density at radius 2 is 1.90 bits per heavy atom. The monoisotopic (exact) mass is 418 g/mol. The van der Waals surface area contributed by atoms with Crippen molar-refractivity contribution in [3.05, 3.63) is 72.3 Å². The molecule has 1 aliphatic heterocycles. The minimum atomic E-state index is -0.396. The molecule has 1 aliphatic rings. The van der Waals surface area contributed by atoms with Gasteiger partial charge in [0.2, 0.25) is 0 Å². The van der Waals surface area contributed by atoms with E-state index in [0.29, 0.717) is 35.9 Å². The maximum absolute atomic E-state index is 13.6. The average molecular weight is 418 g/mol. The van der Waals surface area contributed by atoms with Crippen molar-refractivity contribution in [1.29, 1.82) is 0 Å². The molecule has 0 atom stereocenters. The number of benzene rings is 1. The van der Waals surface area contributed by atoms with E-state index >= 15 is 0 Å². The molecule has 0 unspecified atom stereocenters. The molecule has 1 amide bonds. The maximum Gasteiger partial charge on any atom is 0.277 e. The van der Waals surface area contributed by atoms with E-state index in [1.807, 2.05) is 12.1 Å². The SMILES string of the molecule is O=C(Nc1cccc(N2CCOCC2)n1)c1ccc2ncc(-c3cccc(F)c3)n2n1. The second kappa shape index (κ2) is 8.11. The number of ether oxygens (including phenoxy) is 1. The molecule has 4 aromatic rings. The predicted molar refractivity (Wildman–Crippen MR) is 114 cm³/mol. The standard InChI is InChI=1S/C22H19FN6O2/c23-16-4-1-3-15(13-16)18-14-24-20-8-7-17(27-29(18)20)22(30)26-19-5-2-6-21(25-19)28-9-11-31-12-10-28/h1-8,13-14H,9-12H2,(H,25,26,30). The molecule has 31 heavy (non-hydrogen) atoms. The van der Waals surface area contributed by atoms with E-state index in [0.717, 1.165) is 18.9 Å². The number of pyridine rings is 1. The van der Waals surface area contributed by atoms with Gasteiger partial charge in [0.25, 0.3) is 5.91 Å². The summed E-state index contributed by atoms with van der Waals surface area (Å²) in [7, 11) is 0. The first kappa shape index (κ1) is 19.1. The Morgan fingerprint density at radius 1 is 1.06 bits per heavy atom. The van der Waals surface area contributed by atoms with Gasteiger partial charge in [0, 0.05) is 18.7 Å². The first-order valence-electron chi connectivity index (χ1n) is 9.89. The molecular weight excluding hydrogens is 399 g/mol. The van der Waals surface area contributed by atoms with Crippen LogP contribution in [0.5, 0.6) is 0 Å². The number of carbonyl (C=O) groups is 1. The van der Waals surface area contributed by atoms with Gasteiger partial charge < -0.3 is 15.0 Å². The van der Waals surface area contributed by atoms with E-state index in [2.05, 4.69) is 25.3 Å². The minimum absolute atomic E-state index is 0.196. The molecule has 0 aliphatic carbocycles. The highest BCUT2D eigenvalue weighted by atomic mass is 19.1. The van der Waals surface area contributed by atoms with Crippen LogP contribution in [0.25, 0.3) is 16.9 Å². The van der Waals surface area contributed by atoms with Gasteiger partial charge >= 0.3 is 0 Å². The molecule has 0 radical (unpaired) electrons. The third kappa shape index (κ3) is 3.95. The molecule has 156 valence electrons. The average Bonchev–Trinajstić information content (AvgIpc) is 3.23. The number of aromatic nitrogens is 4. The highest BCUT2D eigenvalue weighted by molar-refractivity contribution is 6.02. The molecule has 4 heterocycles. The molecule has 1 fully saturated rings. The summed E-state index contributed by atoms with van der Waals surface area (Å²) in [6, 6.07) is 14.9. The van der Waals surface area contributed by atoms with E-state index in [1.54, 1.807) is 36.5 Å². The summed E-state index contributed by atoms with van der Waals surface area (Å²) in [5.41, 5.74) is 1.97. The van der Waals surface area contributed by atoms with Crippen LogP contribution in [0.15, 0.2) is 60.8 Å². The second-order valence-corrected chi connectivity index (χ2v) is 7.08.